The van der Waals surface area contributed by atoms with Crippen LogP contribution < -0.4 is 9.47 Å². The number of amides is 1. The molecule has 2 unspecified atom stereocenters. The van der Waals surface area contributed by atoms with Gasteiger partial charge in [0.15, 0.2) is 11.5 Å². The molecule has 1 fully saturated rings. The second-order valence-electron chi connectivity index (χ2n) is 5.33. The van der Waals surface area contributed by atoms with Crippen LogP contribution in [0.25, 0.3) is 0 Å². The van der Waals surface area contributed by atoms with Crippen molar-refractivity contribution in [1.82, 2.24) is 4.90 Å². The average molecular weight is 277 g/mol. The molecular weight excluding hydrogens is 258 g/mol. The number of morpholine rings is 1. The van der Waals surface area contributed by atoms with Crippen LogP contribution in [-0.2, 0) is 4.74 Å². The first-order valence-corrected chi connectivity index (χ1v) is 6.98. The Hall–Kier alpha value is -1.75. The lowest BCUT2D eigenvalue weighted by atomic mass is 10.1. The molecular formula is C15H19NO4. The molecule has 3 rings (SSSR count). The third kappa shape index (κ3) is 2.58. The molecule has 1 amide bonds. The lowest BCUT2D eigenvalue weighted by Crippen LogP contribution is -2.48. The quantitative estimate of drug-likeness (QED) is 0.784. The third-order valence-corrected chi connectivity index (χ3v) is 3.50. The van der Waals surface area contributed by atoms with E-state index in [1.807, 2.05) is 18.7 Å². The molecule has 20 heavy (non-hydrogen) atoms. The van der Waals surface area contributed by atoms with Crippen molar-refractivity contribution in [2.45, 2.75) is 26.1 Å². The minimum atomic E-state index is 0.0176. The van der Waals surface area contributed by atoms with Gasteiger partial charge in [0, 0.05) is 18.7 Å². The van der Waals surface area contributed by atoms with Crippen LogP contribution in [-0.4, -0.2) is 49.3 Å². The van der Waals surface area contributed by atoms with Crippen molar-refractivity contribution in [3.05, 3.63) is 23.8 Å². The molecule has 0 aromatic heterocycles. The van der Waals surface area contributed by atoms with Gasteiger partial charge in [0.1, 0.15) is 13.2 Å². The third-order valence-electron chi connectivity index (χ3n) is 3.50. The Morgan fingerprint density at radius 1 is 1.10 bits per heavy atom. The first-order chi connectivity index (χ1) is 9.63. The van der Waals surface area contributed by atoms with Crippen LogP contribution in [0.15, 0.2) is 18.2 Å². The lowest BCUT2D eigenvalue weighted by molar-refractivity contribution is -0.0586. The van der Waals surface area contributed by atoms with E-state index < -0.39 is 0 Å². The Bertz CT molecular complexity index is 507. The largest absolute Gasteiger partial charge is 0.486 e. The zero-order valence-electron chi connectivity index (χ0n) is 11.8. The lowest BCUT2D eigenvalue weighted by Gasteiger charge is -2.35. The second-order valence-corrected chi connectivity index (χ2v) is 5.33. The van der Waals surface area contributed by atoms with Crippen LogP contribution in [0.2, 0.25) is 0 Å². The fraction of sp³-hybridized carbons (Fsp3) is 0.533. The molecule has 0 aliphatic carbocycles. The molecule has 1 aromatic rings. The minimum absolute atomic E-state index is 0.0176. The van der Waals surface area contributed by atoms with Gasteiger partial charge < -0.3 is 19.1 Å². The Balaban J connectivity index is 1.79. The van der Waals surface area contributed by atoms with Crippen LogP contribution in [0, 0.1) is 0 Å². The fourth-order valence-electron chi connectivity index (χ4n) is 2.70. The number of ether oxygens (including phenoxy) is 3. The van der Waals surface area contributed by atoms with E-state index in [9.17, 15) is 4.79 Å². The van der Waals surface area contributed by atoms with Crippen LogP contribution in [0.3, 0.4) is 0 Å². The first kappa shape index (κ1) is 13.2. The number of hydrogen-bond donors (Lipinski definition) is 0. The molecule has 108 valence electrons. The highest BCUT2D eigenvalue weighted by Crippen LogP contribution is 2.31. The van der Waals surface area contributed by atoms with Crippen LogP contribution in [0.4, 0.5) is 0 Å². The smallest absolute Gasteiger partial charge is 0.254 e. The van der Waals surface area contributed by atoms with Gasteiger partial charge in [-0.2, -0.15) is 0 Å². The van der Waals surface area contributed by atoms with Crippen molar-refractivity contribution >= 4 is 5.91 Å². The van der Waals surface area contributed by atoms with Gasteiger partial charge in [0.05, 0.1) is 12.2 Å². The molecule has 0 saturated carbocycles. The van der Waals surface area contributed by atoms with Crippen LogP contribution in [0.5, 0.6) is 11.5 Å². The summed E-state index contributed by atoms with van der Waals surface area (Å²) in [6.45, 7) is 6.30. The molecule has 2 heterocycles. The zero-order chi connectivity index (χ0) is 14.1. The molecule has 0 bridgehead atoms. The summed E-state index contributed by atoms with van der Waals surface area (Å²) in [5.74, 6) is 1.37. The molecule has 1 aromatic carbocycles. The number of carbonyl (C=O) groups excluding carboxylic acids is 1. The predicted molar refractivity (Wildman–Crippen MR) is 73.3 cm³/mol. The van der Waals surface area contributed by atoms with Crippen molar-refractivity contribution in [3.8, 4) is 11.5 Å². The van der Waals surface area contributed by atoms with Gasteiger partial charge in [-0.05, 0) is 32.0 Å². The molecule has 0 spiro atoms. The number of hydrogen-bond acceptors (Lipinski definition) is 4. The van der Waals surface area contributed by atoms with Crippen molar-refractivity contribution < 1.29 is 19.0 Å². The highest BCUT2D eigenvalue weighted by molar-refractivity contribution is 5.95. The number of rotatable bonds is 1. The summed E-state index contributed by atoms with van der Waals surface area (Å²) < 4.78 is 16.6. The number of fused-ring (bicyclic) bond motifs is 1. The Morgan fingerprint density at radius 2 is 1.75 bits per heavy atom. The number of benzene rings is 1. The molecule has 2 atom stereocenters. The monoisotopic (exact) mass is 277 g/mol. The van der Waals surface area contributed by atoms with E-state index in [4.69, 9.17) is 14.2 Å². The molecule has 5 nitrogen and oxygen atoms in total. The maximum absolute atomic E-state index is 12.6. The highest BCUT2D eigenvalue weighted by atomic mass is 16.6. The summed E-state index contributed by atoms with van der Waals surface area (Å²) in [6, 6.07) is 5.36. The molecule has 1 saturated heterocycles. The van der Waals surface area contributed by atoms with Gasteiger partial charge in [0.25, 0.3) is 5.91 Å². The van der Waals surface area contributed by atoms with Gasteiger partial charge in [-0.1, -0.05) is 0 Å². The Labute approximate surface area is 118 Å². The van der Waals surface area contributed by atoms with E-state index >= 15 is 0 Å². The van der Waals surface area contributed by atoms with Crippen molar-refractivity contribution in [2.24, 2.45) is 0 Å². The van der Waals surface area contributed by atoms with E-state index in [1.54, 1.807) is 18.2 Å². The molecule has 0 radical (unpaired) electrons. The van der Waals surface area contributed by atoms with Crippen molar-refractivity contribution in [1.29, 1.82) is 0 Å². The first-order valence-electron chi connectivity index (χ1n) is 6.98. The van der Waals surface area contributed by atoms with E-state index in [0.29, 0.717) is 43.4 Å². The normalized spacial score (nSPS) is 25.4. The molecule has 2 aliphatic heterocycles. The van der Waals surface area contributed by atoms with Gasteiger partial charge in [-0.3, -0.25) is 4.79 Å². The summed E-state index contributed by atoms with van der Waals surface area (Å²) in [5, 5.41) is 0. The summed E-state index contributed by atoms with van der Waals surface area (Å²) in [5.41, 5.74) is 0.635. The van der Waals surface area contributed by atoms with Gasteiger partial charge >= 0.3 is 0 Å². The molecule has 5 heteroatoms. The van der Waals surface area contributed by atoms with E-state index in [0.717, 1.165) is 0 Å². The van der Waals surface area contributed by atoms with Gasteiger partial charge in [-0.25, -0.2) is 0 Å². The number of carbonyl (C=O) groups is 1. The predicted octanol–water partition coefficient (Wildman–Crippen LogP) is 1.71. The summed E-state index contributed by atoms with van der Waals surface area (Å²) in [7, 11) is 0. The summed E-state index contributed by atoms with van der Waals surface area (Å²) >= 11 is 0. The maximum Gasteiger partial charge on any atom is 0.254 e. The minimum Gasteiger partial charge on any atom is -0.486 e. The zero-order valence-corrected chi connectivity index (χ0v) is 11.8. The Morgan fingerprint density at radius 3 is 2.45 bits per heavy atom. The maximum atomic E-state index is 12.6. The van der Waals surface area contributed by atoms with Gasteiger partial charge in [0.2, 0.25) is 0 Å². The molecule has 0 N–H and O–H groups in total. The van der Waals surface area contributed by atoms with E-state index in [1.165, 1.54) is 0 Å². The SMILES string of the molecule is CC1CN(C(=O)c2ccc3c(c2)OCCO3)CC(C)O1. The van der Waals surface area contributed by atoms with E-state index in [2.05, 4.69) is 0 Å². The topological polar surface area (TPSA) is 48.0 Å². The van der Waals surface area contributed by atoms with Crippen LogP contribution in [0.1, 0.15) is 24.2 Å². The van der Waals surface area contributed by atoms with Gasteiger partial charge in [-0.15, -0.1) is 0 Å². The summed E-state index contributed by atoms with van der Waals surface area (Å²) in [6.07, 6.45) is 0.139. The molecule has 2 aliphatic rings. The van der Waals surface area contributed by atoms with Crippen LogP contribution >= 0.6 is 0 Å². The standard InChI is InChI=1S/C15H19NO4/c1-10-8-16(9-11(2)20-10)15(17)12-3-4-13-14(7-12)19-6-5-18-13/h3-4,7,10-11H,5-6,8-9H2,1-2H3. The van der Waals surface area contributed by atoms with Crippen molar-refractivity contribution in [2.75, 3.05) is 26.3 Å². The average Bonchev–Trinajstić information content (AvgIpc) is 2.45. The van der Waals surface area contributed by atoms with Crippen molar-refractivity contribution in [3.63, 3.8) is 0 Å². The number of nitrogens with zero attached hydrogens (tertiary/aromatic N) is 1. The Kier molecular flexibility index (Phi) is 3.53. The second kappa shape index (κ2) is 5.32. The fourth-order valence-corrected chi connectivity index (χ4v) is 2.70. The highest BCUT2D eigenvalue weighted by Gasteiger charge is 2.27. The van der Waals surface area contributed by atoms with E-state index in [-0.39, 0.29) is 18.1 Å². The summed E-state index contributed by atoms with van der Waals surface area (Å²) in [4.78, 5) is 14.4.